The van der Waals surface area contributed by atoms with Crippen molar-refractivity contribution in [1.29, 1.82) is 0 Å². The van der Waals surface area contributed by atoms with Gasteiger partial charge in [-0.25, -0.2) is 0 Å². The van der Waals surface area contributed by atoms with Gasteiger partial charge in [-0.05, 0) is 51.4 Å². The van der Waals surface area contributed by atoms with Crippen LogP contribution in [-0.2, 0) is 14.3 Å². The van der Waals surface area contributed by atoms with Crippen LogP contribution in [0.1, 0.15) is 278 Å². The third-order valence-electron chi connectivity index (χ3n) is 11.8. The Balaban J connectivity index is 4.48. The van der Waals surface area contributed by atoms with Crippen molar-refractivity contribution < 1.29 is 24.5 Å². The fourth-order valence-corrected chi connectivity index (χ4v) is 7.96. The number of carbonyl (C=O) groups is 2. The predicted molar refractivity (Wildman–Crippen MR) is 246 cm³/mol. The maximum Gasteiger partial charge on any atom is 0.306 e. The summed E-state index contributed by atoms with van der Waals surface area (Å²) in [5.74, 6) is -0.465. The van der Waals surface area contributed by atoms with Crippen LogP contribution >= 0.6 is 0 Å². The highest BCUT2D eigenvalue weighted by atomic mass is 16.5. The van der Waals surface area contributed by atoms with Crippen molar-refractivity contribution in [3.05, 3.63) is 12.2 Å². The number of aliphatic hydroxyl groups excluding tert-OH is 2. The number of unbranched alkanes of at least 4 members (excludes halogenated alkanes) is 32. The molecule has 0 fully saturated rings. The van der Waals surface area contributed by atoms with Crippen molar-refractivity contribution in [2.45, 2.75) is 296 Å². The van der Waals surface area contributed by atoms with E-state index >= 15 is 0 Å². The molecular weight excluding hydrogens is 707 g/mol. The van der Waals surface area contributed by atoms with E-state index in [4.69, 9.17) is 4.74 Å². The Hall–Kier alpha value is -1.40. The van der Waals surface area contributed by atoms with E-state index in [2.05, 4.69) is 38.2 Å². The largest absolute Gasteiger partial charge is 0.462 e. The Labute approximate surface area is 355 Å². The molecule has 3 atom stereocenters. The van der Waals surface area contributed by atoms with Gasteiger partial charge >= 0.3 is 5.97 Å². The number of hydrogen-bond donors (Lipinski definition) is 3. The lowest BCUT2D eigenvalue weighted by molar-refractivity contribution is -0.151. The minimum atomic E-state index is -0.781. The minimum Gasteiger partial charge on any atom is -0.462 e. The average Bonchev–Trinajstić information content (AvgIpc) is 3.20. The average molecular weight is 806 g/mol. The van der Waals surface area contributed by atoms with Gasteiger partial charge in [0.2, 0.25) is 5.91 Å². The van der Waals surface area contributed by atoms with E-state index in [0.29, 0.717) is 19.3 Å². The van der Waals surface area contributed by atoms with Crippen molar-refractivity contribution in [2.75, 3.05) is 6.61 Å². The molecule has 0 saturated heterocycles. The van der Waals surface area contributed by atoms with Gasteiger partial charge in [-0.3, -0.25) is 9.59 Å². The summed E-state index contributed by atoms with van der Waals surface area (Å²) in [6.45, 7) is 6.48. The molecule has 57 heavy (non-hydrogen) atoms. The summed E-state index contributed by atoms with van der Waals surface area (Å²) in [6.07, 6.45) is 49.8. The van der Waals surface area contributed by atoms with Gasteiger partial charge in [-0.2, -0.15) is 0 Å². The van der Waals surface area contributed by atoms with E-state index in [0.717, 1.165) is 44.9 Å². The smallest absolute Gasteiger partial charge is 0.306 e. The number of hydrogen-bond acceptors (Lipinski definition) is 5. The van der Waals surface area contributed by atoms with Gasteiger partial charge in [0.25, 0.3) is 0 Å². The summed E-state index contributed by atoms with van der Waals surface area (Å²) in [5, 5.41) is 23.7. The molecule has 0 aromatic rings. The number of aliphatic hydroxyl groups is 2. The second kappa shape index (κ2) is 45.7. The van der Waals surface area contributed by atoms with Crippen LogP contribution in [0.15, 0.2) is 12.2 Å². The zero-order chi connectivity index (χ0) is 41.7. The second-order valence-electron chi connectivity index (χ2n) is 17.6. The lowest BCUT2D eigenvalue weighted by Crippen LogP contribution is -2.46. The van der Waals surface area contributed by atoms with Crippen LogP contribution in [0.3, 0.4) is 0 Å². The van der Waals surface area contributed by atoms with E-state index in [9.17, 15) is 19.8 Å². The van der Waals surface area contributed by atoms with Gasteiger partial charge < -0.3 is 20.3 Å². The van der Waals surface area contributed by atoms with E-state index in [1.807, 2.05) is 0 Å². The van der Waals surface area contributed by atoms with Crippen LogP contribution in [0.25, 0.3) is 0 Å². The summed E-state index contributed by atoms with van der Waals surface area (Å²) >= 11 is 0. The highest BCUT2D eigenvalue weighted by Gasteiger charge is 2.24. The van der Waals surface area contributed by atoms with Gasteiger partial charge in [0, 0.05) is 6.42 Å². The quantitative estimate of drug-likeness (QED) is 0.0323. The Morgan fingerprint density at radius 2 is 0.842 bits per heavy atom. The SMILES string of the molecule is CCCCCC/C=C\CCCCCCCCCC(=O)OC(CCCCCCCCCCCC)CC(=O)NC(CO)C(O)CCCCCCCCCCCCCCC. The second-order valence-corrected chi connectivity index (χ2v) is 17.6. The Bertz CT molecular complexity index is 863. The van der Waals surface area contributed by atoms with Crippen LogP contribution in [0, 0.1) is 0 Å². The van der Waals surface area contributed by atoms with Crippen LogP contribution < -0.4 is 5.32 Å². The normalized spacial score (nSPS) is 13.3. The van der Waals surface area contributed by atoms with Crippen molar-refractivity contribution >= 4 is 11.9 Å². The first kappa shape index (κ1) is 55.6. The first-order chi connectivity index (χ1) is 28.0. The highest BCUT2D eigenvalue weighted by Crippen LogP contribution is 2.18. The predicted octanol–water partition coefficient (Wildman–Crippen LogP) is 15.0. The Kier molecular flexibility index (Phi) is 44.6. The molecule has 1 amide bonds. The molecular formula is C51H99NO5. The Morgan fingerprint density at radius 3 is 1.26 bits per heavy atom. The monoisotopic (exact) mass is 806 g/mol. The highest BCUT2D eigenvalue weighted by molar-refractivity contribution is 5.77. The summed E-state index contributed by atoms with van der Waals surface area (Å²) < 4.78 is 5.92. The molecule has 0 bridgehead atoms. The number of ether oxygens (including phenoxy) is 1. The maximum absolute atomic E-state index is 13.2. The Morgan fingerprint density at radius 1 is 0.491 bits per heavy atom. The van der Waals surface area contributed by atoms with Crippen molar-refractivity contribution in [1.82, 2.24) is 5.32 Å². The third kappa shape index (κ3) is 41.1. The van der Waals surface area contributed by atoms with Crippen LogP contribution in [0.5, 0.6) is 0 Å². The van der Waals surface area contributed by atoms with Gasteiger partial charge in [-0.1, -0.05) is 226 Å². The fourth-order valence-electron chi connectivity index (χ4n) is 7.96. The topological polar surface area (TPSA) is 95.9 Å². The van der Waals surface area contributed by atoms with E-state index in [1.165, 1.54) is 186 Å². The molecule has 0 saturated carbocycles. The number of esters is 1. The molecule has 0 spiro atoms. The number of allylic oxidation sites excluding steroid dienone is 2. The molecule has 338 valence electrons. The van der Waals surface area contributed by atoms with Gasteiger partial charge in [0.15, 0.2) is 0 Å². The zero-order valence-electron chi connectivity index (χ0n) is 38.5. The van der Waals surface area contributed by atoms with Crippen molar-refractivity contribution in [3.63, 3.8) is 0 Å². The molecule has 0 rings (SSSR count). The molecule has 0 aliphatic heterocycles. The van der Waals surface area contributed by atoms with Gasteiger partial charge in [0.1, 0.15) is 6.10 Å². The number of amides is 1. The number of carbonyl (C=O) groups excluding carboxylic acids is 2. The zero-order valence-corrected chi connectivity index (χ0v) is 38.5. The van der Waals surface area contributed by atoms with Crippen LogP contribution in [0.4, 0.5) is 0 Å². The summed E-state index contributed by atoms with van der Waals surface area (Å²) in [5.41, 5.74) is 0. The van der Waals surface area contributed by atoms with E-state index in [1.54, 1.807) is 0 Å². The number of nitrogens with one attached hydrogen (secondary N) is 1. The molecule has 0 aromatic heterocycles. The summed E-state index contributed by atoms with van der Waals surface area (Å²) in [4.78, 5) is 26.1. The van der Waals surface area contributed by atoms with Crippen LogP contribution in [-0.4, -0.2) is 46.9 Å². The molecule has 0 radical (unpaired) electrons. The van der Waals surface area contributed by atoms with Crippen molar-refractivity contribution in [2.24, 2.45) is 0 Å². The molecule has 0 aliphatic rings. The van der Waals surface area contributed by atoms with E-state index < -0.39 is 18.2 Å². The minimum absolute atomic E-state index is 0.0825. The van der Waals surface area contributed by atoms with Crippen LogP contribution in [0.2, 0.25) is 0 Å². The molecule has 6 heteroatoms. The first-order valence-electron chi connectivity index (χ1n) is 25.4. The molecule has 3 unspecified atom stereocenters. The maximum atomic E-state index is 13.2. The molecule has 3 N–H and O–H groups in total. The molecule has 0 aliphatic carbocycles. The third-order valence-corrected chi connectivity index (χ3v) is 11.8. The van der Waals surface area contributed by atoms with Gasteiger partial charge in [-0.15, -0.1) is 0 Å². The molecule has 6 nitrogen and oxygen atoms in total. The molecule has 0 heterocycles. The molecule has 0 aromatic carbocycles. The van der Waals surface area contributed by atoms with Gasteiger partial charge in [0.05, 0.1) is 25.2 Å². The number of rotatable bonds is 46. The first-order valence-corrected chi connectivity index (χ1v) is 25.4. The summed E-state index contributed by atoms with van der Waals surface area (Å²) in [7, 11) is 0. The standard InChI is InChI=1S/C51H99NO5/c1-4-7-10-13-16-19-22-24-25-27-29-32-35-38-41-44-51(56)57-47(42-39-36-33-30-21-18-15-12-9-6-3)45-50(55)52-48(46-53)49(54)43-40-37-34-31-28-26-23-20-17-14-11-8-5-2/h19,22,47-49,53-54H,4-18,20-21,23-46H2,1-3H3,(H,52,55)/b22-19-. The van der Waals surface area contributed by atoms with E-state index in [-0.39, 0.29) is 24.9 Å². The lowest BCUT2D eigenvalue weighted by Gasteiger charge is -2.24. The summed E-state index contributed by atoms with van der Waals surface area (Å²) in [6, 6.07) is -0.694. The lowest BCUT2D eigenvalue weighted by atomic mass is 10.0. The van der Waals surface area contributed by atoms with Crippen molar-refractivity contribution in [3.8, 4) is 0 Å². The fraction of sp³-hybridized carbons (Fsp3) is 0.922.